The molecule has 0 atom stereocenters. The lowest BCUT2D eigenvalue weighted by atomic mass is 10.1. The van der Waals surface area contributed by atoms with Crippen LogP contribution in [0.25, 0.3) is 11.3 Å². The fourth-order valence-corrected chi connectivity index (χ4v) is 2.67. The van der Waals surface area contributed by atoms with Crippen LogP contribution in [0.15, 0.2) is 48.5 Å². The van der Waals surface area contributed by atoms with E-state index in [1.807, 2.05) is 6.92 Å². The molecule has 0 amide bonds. The number of aromatic hydroxyl groups is 1. The Balaban J connectivity index is 2.15. The van der Waals surface area contributed by atoms with Gasteiger partial charge in [-0.25, -0.2) is 0 Å². The number of benzene rings is 2. The molecule has 1 N–H and O–H groups in total. The van der Waals surface area contributed by atoms with Crippen LogP contribution < -0.4 is 4.74 Å². The van der Waals surface area contributed by atoms with E-state index < -0.39 is 17.6 Å². The summed E-state index contributed by atoms with van der Waals surface area (Å²) in [5.74, 6) is -0.353. The summed E-state index contributed by atoms with van der Waals surface area (Å²) in [5.41, 5.74) is 0.118. The largest absolute Gasteiger partial charge is 0.507 e. The fraction of sp³-hybridized carbons (Fsp3) is 0.211. The van der Waals surface area contributed by atoms with Crippen molar-refractivity contribution < 1.29 is 23.0 Å². The molecular weight excluding hydrogens is 345 g/mol. The van der Waals surface area contributed by atoms with Gasteiger partial charge in [0.15, 0.2) is 11.4 Å². The molecule has 0 saturated carbocycles. The molecule has 0 aliphatic carbocycles. The third-order valence-corrected chi connectivity index (χ3v) is 3.98. The van der Waals surface area contributed by atoms with Crippen LogP contribution in [-0.2, 0) is 19.6 Å². The van der Waals surface area contributed by atoms with Gasteiger partial charge in [-0.3, -0.25) is 4.68 Å². The molecule has 0 aliphatic heterocycles. The van der Waals surface area contributed by atoms with Crippen molar-refractivity contribution in [1.82, 2.24) is 9.78 Å². The maximum absolute atomic E-state index is 13.6. The zero-order valence-corrected chi connectivity index (χ0v) is 14.2. The normalized spacial score (nSPS) is 11.6. The molecule has 0 unspecified atom stereocenters. The van der Waals surface area contributed by atoms with E-state index in [0.717, 1.165) is 16.7 Å². The van der Waals surface area contributed by atoms with E-state index in [9.17, 15) is 18.3 Å². The molecule has 0 bridgehead atoms. The molecule has 136 valence electrons. The fourth-order valence-electron chi connectivity index (χ4n) is 2.67. The Kier molecular flexibility index (Phi) is 4.63. The van der Waals surface area contributed by atoms with Crippen molar-refractivity contribution in [2.75, 3.05) is 0 Å². The highest BCUT2D eigenvalue weighted by molar-refractivity contribution is 5.73. The summed E-state index contributed by atoms with van der Waals surface area (Å²) >= 11 is 0. The van der Waals surface area contributed by atoms with Crippen molar-refractivity contribution in [2.45, 2.75) is 19.5 Å². The molecular formula is C19H17F3N2O2. The maximum Gasteiger partial charge on any atom is 0.436 e. The molecule has 3 aromatic rings. The molecule has 4 nitrogen and oxygen atoms in total. The lowest BCUT2D eigenvalue weighted by molar-refractivity contribution is -0.144. The van der Waals surface area contributed by atoms with Crippen molar-refractivity contribution >= 4 is 0 Å². The minimum Gasteiger partial charge on any atom is -0.507 e. The first kappa shape index (κ1) is 17.8. The molecule has 0 radical (unpaired) electrons. The molecule has 0 saturated heterocycles. The average molecular weight is 362 g/mol. The number of hydrogen-bond acceptors (Lipinski definition) is 3. The molecule has 0 fully saturated rings. The van der Waals surface area contributed by atoms with E-state index in [0.29, 0.717) is 0 Å². The predicted octanol–water partition coefficient (Wildman–Crippen LogP) is 5.17. The molecule has 0 spiro atoms. The van der Waals surface area contributed by atoms with Crippen molar-refractivity contribution in [3.63, 3.8) is 0 Å². The van der Waals surface area contributed by atoms with Gasteiger partial charge in [-0.2, -0.15) is 18.3 Å². The van der Waals surface area contributed by atoms with E-state index in [-0.39, 0.29) is 22.8 Å². The first-order valence-corrected chi connectivity index (χ1v) is 8.00. The first-order chi connectivity index (χ1) is 12.3. The molecule has 1 aromatic heterocycles. The van der Waals surface area contributed by atoms with Gasteiger partial charge in [0.05, 0.1) is 0 Å². The third kappa shape index (κ3) is 3.37. The average Bonchev–Trinajstić information content (AvgIpc) is 2.92. The monoisotopic (exact) mass is 362 g/mol. The van der Waals surface area contributed by atoms with E-state index >= 15 is 0 Å². The van der Waals surface area contributed by atoms with Crippen molar-refractivity contribution in [2.24, 2.45) is 7.05 Å². The van der Waals surface area contributed by atoms with Gasteiger partial charge in [-0.05, 0) is 36.2 Å². The second-order valence-electron chi connectivity index (χ2n) is 5.76. The second kappa shape index (κ2) is 6.74. The van der Waals surface area contributed by atoms with Crippen LogP contribution in [0.2, 0.25) is 0 Å². The summed E-state index contributed by atoms with van der Waals surface area (Å²) in [6, 6.07) is 12.9. The topological polar surface area (TPSA) is 47.3 Å². The summed E-state index contributed by atoms with van der Waals surface area (Å²) in [4.78, 5) is 0. The Morgan fingerprint density at radius 2 is 1.73 bits per heavy atom. The number of ether oxygens (including phenoxy) is 1. The highest BCUT2D eigenvalue weighted by atomic mass is 19.4. The van der Waals surface area contributed by atoms with Crippen LogP contribution in [0.4, 0.5) is 13.2 Å². The Morgan fingerprint density at radius 1 is 1.08 bits per heavy atom. The summed E-state index contributed by atoms with van der Waals surface area (Å²) in [5, 5.41) is 14.0. The third-order valence-electron chi connectivity index (χ3n) is 3.98. The van der Waals surface area contributed by atoms with Gasteiger partial charge in [0.1, 0.15) is 17.2 Å². The van der Waals surface area contributed by atoms with Gasteiger partial charge >= 0.3 is 6.18 Å². The number of para-hydroxylation sites is 1. The number of aromatic nitrogens is 2. The first-order valence-electron chi connectivity index (χ1n) is 8.00. The highest BCUT2D eigenvalue weighted by Gasteiger charge is 2.41. The predicted molar refractivity (Wildman–Crippen MR) is 91.2 cm³/mol. The highest BCUT2D eigenvalue weighted by Crippen LogP contribution is 2.45. The van der Waals surface area contributed by atoms with Gasteiger partial charge in [0.25, 0.3) is 0 Å². The van der Waals surface area contributed by atoms with Crippen LogP contribution in [0.1, 0.15) is 18.2 Å². The Hall–Kier alpha value is -2.96. The maximum atomic E-state index is 13.6. The minimum atomic E-state index is -4.66. The molecule has 2 aromatic carbocycles. The molecule has 7 heteroatoms. The summed E-state index contributed by atoms with van der Waals surface area (Å²) in [6.45, 7) is 1.98. The second-order valence-corrected chi connectivity index (χ2v) is 5.76. The van der Waals surface area contributed by atoms with Crippen molar-refractivity contribution in [3.05, 3.63) is 59.8 Å². The number of nitrogens with zero attached hydrogens (tertiary/aromatic N) is 2. The van der Waals surface area contributed by atoms with E-state index in [4.69, 9.17) is 4.74 Å². The van der Waals surface area contributed by atoms with Gasteiger partial charge in [0.2, 0.25) is 0 Å². The van der Waals surface area contributed by atoms with E-state index in [1.54, 1.807) is 36.4 Å². The lowest BCUT2D eigenvalue weighted by Crippen LogP contribution is -2.12. The van der Waals surface area contributed by atoms with Crippen LogP contribution in [0.5, 0.6) is 17.2 Å². The van der Waals surface area contributed by atoms with Crippen LogP contribution in [0, 0.1) is 0 Å². The molecule has 1 heterocycles. The Bertz CT molecular complexity index is 916. The van der Waals surface area contributed by atoms with E-state index in [1.165, 1.54) is 19.2 Å². The smallest absolute Gasteiger partial charge is 0.436 e. The van der Waals surface area contributed by atoms with Crippen molar-refractivity contribution in [1.29, 1.82) is 0 Å². The number of aryl methyl sites for hydroxylation is 2. The lowest BCUT2D eigenvalue weighted by Gasteiger charge is -2.12. The number of rotatable bonds is 4. The summed E-state index contributed by atoms with van der Waals surface area (Å²) in [7, 11) is 1.19. The van der Waals surface area contributed by atoms with Gasteiger partial charge < -0.3 is 9.84 Å². The van der Waals surface area contributed by atoms with Crippen LogP contribution in [0.3, 0.4) is 0 Å². The van der Waals surface area contributed by atoms with Crippen LogP contribution >= 0.6 is 0 Å². The number of alkyl halides is 3. The number of phenolic OH excluding ortho intramolecular Hbond substituents is 1. The standard InChI is InChI=1S/C19H17F3N2O2/c1-3-12-8-10-13(11-9-12)26-17-16(14-6-4-5-7-15(14)25)23-24(2)18(17)19(20,21)22/h4-11,25H,3H2,1-2H3. The Morgan fingerprint density at radius 3 is 2.31 bits per heavy atom. The van der Waals surface area contributed by atoms with Gasteiger partial charge in [0, 0.05) is 12.6 Å². The van der Waals surface area contributed by atoms with Crippen molar-refractivity contribution in [3.8, 4) is 28.5 Å². The van der Waals surface area contributed by atoms with Gasteiger partial charge in [-0.1, -0.05) is 31.2 Å². The number of hydrogen-bond donors (Lipinski definition) is 1. The van der Waals surface area contributed by atoms with Gasteiger partial charge in [-0.15, -0.1) is 0 Å². The van der Waals surface area contributed by atoms with Crippen LogP contribution in [-0.4, -0.2) is 14.9 Å². The summed E-state index contributed by atoms with van der Waals surface area (Å²) in [6.07, 6.45) is -3.85. The Labute approximate surface area is 148 Å². The molecule has 3 rings (SSSR count). The van der Waals surface area contributed by atoms with E-state index in [2.05, 4.69) is 5.10 Å². The minimum absolute atomic E-state index is 0.0718. The number of halogens is 3. The molecule has 26 heavy (non-hydrogen) atoms. The zero-order valence-electron chi connectivity index (χ0n) is 14.2. The molecule has 0 aliphatic rings. The summed E-state index contributed by atoms with van der Waals surface area (Å²) < 4.78 is 47.0. The quantitative estimate of drug-likeness (QED) is 0.697. The SMILES string of the molecule is CCc1ccc(Oc2c(-c3ccccc3O)nn(C)c2C(F)(F)F)cc1. The zero-order chi connectivity index (χ0) is 18.9. The number of phenols is 1.